The first-order chi connectivity index (χ1) is 7.46. The maximum absolute atomic E-state index is 12.6. The van der Waals surface area contributed by atoms with E-state index in [1.54, 1.807) is 0 Å². The number of alkyl halides is 2. The number of ether oxygens (including phenoxy) is 2. The second kappa shape index (κ2) is 3.48. The van der Waals surface area contributed by atoms with Crippen LogP contribution in [0, 0.1) is 0 Å². The molecule has 0 spiro atoms. The van der Waals surface area contributed by atoms with Crippen LogP contribution in [0.1, 0.15) is 5.56 Å². The van der Waals surface area contributed by atoms with Crippen LogP contribution in [0.3, 0.4) is 0 Å². The molecule has 1 aliphatic heterocycles. The SMILES string of the molecule is NC(=O)C=Cc1ccc2c(c1)OC(F)(F)O2. The topological polar surface area (TPSA) is 61.6 Å². The number of hydrogen-bond acceptors (Lipinski definition) is 3. The standard InChI is InChI=1S/C10H7F2NO3/c11-10(12)15-7-3-1-6(2-4-9(13)14)5-8(7)16-10/h1-5H,(H2,13,14). The Morgan fingerprint density at radius 2 is 2.00 bits per heavy atom. The number of nitrogens with two attached hydrogens (primary N) is 1. The van der Waals surface area contributed by atoms with Gasteiger partial charge in [-0.2, -0.15) is 0 Å². The molecule has 1 aromatic rings. The maximum atomic E-state index is 12.6. The van der Waals surface area contributed by atoms with Gasteiger partial charge in [-0.15, -0.1) is 8.78 Å². The number of amides is 1. The molecule has 2 N–H and O–H groups in total. The lowest BCUT2D eigenvalue weighted by atomic mass is 10.2. The van der Waals surface area contributed by atoms with Gasteiger partial charge < -0.3 is 15.2 Å². The van der Waals surface area contributed by atoms with E-state index >= 15 is 0 Å². The van der Waals surface area contributed by atoms with Crippen molar-refractivity contribution in [2.24, 2.45) is 5.73 Å². The Kier molecular flexibility index (Phi) is 2.26. The van der Waals surface area contributed by atoms with E-state index < -0.39 is 12.2 Å². The van der Waals surface area contributed by atoms with Crippen molar-refractivity contribution < 1.29 is 23.0 Å². The van der Waals surface area contributed by atoms with E-state index in [1.165, 1.54) is 24.3 Å². The molecular formula is C10H7F2NO3. The molecule has 0 atom stereocenters. The molecule has 1 amide bonds. The Balaban J connectivity index is 2.26. The third-order valence-corrected chi connectivity index (χ3v) is 1.87. The Morgan fingerprint density at radius 3 is 2.69 bits per heavy atom. The lowest BCUT2D eigenvalue weighted by Gasteiger charge is -2.04. The number of carbonyl (C=O) groups is 1. The normalized spacial score (nSPS) is 16.6. The van der Waals surface area contributed by atoms with Crippen molar-refractivity contribution in [1.29, 1.82) is 0 Å². The first-order valence-electron chi connectivity index (χ1n) is 4.34. The summed E-state index contributed by atoms with van der Waals surface area (Å²) in [7, 11) is 0. The van der Waals surface area contributed by atoms with E-state index in [9.17, 15) is 13.6 Å². The lowest BCUT2D eigenvalue weighted by Crippen LogP contribution is -2.25. The molecule has 0 saturated carbocycles. The fourth-order valence-electron chi connectivity index (χ4n) is 1.25. The van der Waals surface area contributed by atoms with E-state index in [2.05, 4.69) is 9.47 Å². The Labute approximate surface area is 89.3 Å². The van der Waals surface area contributed by atoms with Crippen molar-refractivity contribution in [3.63, 3.8) is 0 Å². The second-order valence-corrected chi connectivity index (χ2v) is 3.11. The van der Waals surface area contributed by atoms with E-state index in [4.69, 9.17) is 5.73 Å². The fourth-order valence-corrected chi connectivity index (χ4v) is 1.25. The van der Waals surface area contributed by atoms with Gasteiger partial charge in [-0.1, -0.05) is 6.07 Å². The second-order valence-electron chi connectivity index (χ2n) is 3.11. The minimum Gasteiger partial charge on any atom is -0.395 e. The molecule has 0 unspecified atom stereocenters. The Hall–Kier alpha value is -2.11. The number of hydrogen-bond donors (Lipinski definition) is 1. The number of fused-ring (bicyclic) bond motifs is 1. The molecule has 0 aromatic heterocycles. The summed E-state index contributed by atoms with van der Waals surface area (Å²) in [5.74, 6) is -0.735. The van der Waals surface area contributed by atoms with Crippen molar-refractivity contribution >= 4 is 12.0 Å². The quantitative estimate of drug-likeness (QED) is 0.779. The van der Waals surface area contributed by atoms with Crippen LogP contribution in [-0.2, 0) is 4.79 Å². The van der Waals surface area contributed by atoms with Crippen molar-refractivity contribution in [3.05, 3.63) is 29.8 Å². The van der Waals surface area contributed by atoms with Crippen molar-refractivity contribution in [3.8, 4) is 11.5 Å². The summed E-state index contributed by atoms with van der Waals surface area (Å²) in [5, 5.41) is 0. The van der Waals surface area contributed by atoms with Gasteiger partial charge in [-0.3, -0.25) is 4.79 Å². The van der Waals surface area contributed by atoms with Gasteiger partial charge in [0.2, 0.25) is 5.91 Å². The lowest BCUT2D eigenvalue weighted by molar-refractivity contribution is -0.286. The summed E-state index contributed by atoms with van der Waals surface area (Å²) in [6.07, 6.45) is -1.12. The van der Waals surface area contributed by atoms with Gasteiger partial charge in [0.15, 0.2) is 11.5 Å². The number of benzene rings is 1. The van der Waals surface area contributed by atoms with Gasteiger partial charge in [0.05, 0.1) is 0 Å². The average Bonchev–Trinajstić information content (AvgIpc) is 2.47. The van der Waals surface area contributed by atoms with E-state index in [0.717, 1.165) is 6.08 Å². The van der Waals surface area contributed by atoms with Crippen molar-refractivity contribution in [1.82, 2.24) is 0 Å². The number of carbonyl (C=O) groups excluding carboxylic acids is 1. The van der Waals surface area contributed by atoms with Crippen LogP contribution in [-0.4, -0.2) is 12.2 Å². The summed E-state index contributed by atoms with van der Waals surface area (Å²) in [6.45, 7) is 0. The van der Waals surface area contributed by atoms with Gasteiger partial charge in [-0.05, 0) is 23.8 Å². The predicted octanol–water partition coefficient (Wildman–Crippen LogP) is 1.51. The van der Waals surface area contributed by atoms with Gasteiger partial charge in [0.25, 0.3) is 0 Å². The highest BCUT2D eigenvalue weighted by atomic mass is 19.3. The van der Waals surface area contributed by atoms with Crippen LogP contribution in [0.15, 0.2) is 24.3 Å². The minimum atomic E-state index is -3.63. The van der Waals surface area contributed by atoms with Gasteiger partial charge >= 0.3 is 6.29 Å². The summed E-state index contributed by atoms with van der Waals surface area (Å²) in [5.41, 5.74) is 5.41. The summed E-state index contributed by atoms with van der Waals surface area (Å²) in [6, 6.07) is 4.16. The number of halogens is 2. The molecule has 1 heterocycles. The molecule has 0 saturated heterocycles. The molecule has 6 heteroatoms. The molecule has 1 aromatic carbocycles. The highest BCUT2D eigenvalue weighted by molar-refractivity contribution is 5.90. The van der Waals surface area contributed by atoms with Gasteiger partial charge in [-0.25, -0.2) is 0 Å². The van der Waals surface area contributed by atoms with Crippen LogP contribution in [0.25, 0.3) is 6.08 Å². The molecule has 0 radical (unpaired) electrons. The molecule has 0 bridgehead atoms. The molecule has 84 valence electrons. The zero-order valence-electron chi connectivity index (χ0n) is 7.94. The van der Waals surface area contributed by atoms with Crippen molar-refractivity contribution in [2.45, 2.75) is 6.29 Å². The van der Waals surface area contributed by atoms with Crippen LogP contribution in [0.5, 0.6) is 11.5 Å². The summed E-state index contributed by atoms with van der Waals surface area (Å²) in [4.78, 5) is 10.5. The van der Waals surface area contributed by atoms with Crippen LogP contribution >= 0.6 is 0 Å². The molecule has 0 aliphatic carbocycles. The molecule has 16 heavy (non-hydrogen) atoms. The van der Waals surface area contributed by atoms with Crippen LogP contribution in [0.4, 0.5) is 8.78 Å². The molecule has 4 nitrogen and oxygen atoms in total. The minimum absolute atomic E-state index is 0.0405. The number of primary amides is 1. The first-order valence-corrected chi connectivity index (χ1v) is 4.34. The van der Waals surface area contributed by atoms with Crippen LogP contribution in [0.2, 0.25) is 0 Å². The van der Waals surface area contributed by atoms with E-state index in [0.29, 0.717) is 5.56 Å². The largest absolute Gasteiger partial charge is 0.586 e. The highest BCUT2D eigenvalue weighted by Crippen LogP contribution is 2.41. The number of rotatable bonds is 2. The zero-order chi connectivity index (χ0) is 11.8. The third-order valence-electron chi connectivity index (χ3n) is 1.87. The molecule has 1 aliphatic rings. The average molecular weight is 227 g/mol. The molecule has 2 rings (SSSR count). The van der Waals surface area contributed by atoms with E-state index in [1.807, 2.05) is 0 Å². The van der Waals surface area contributed by atoms with Gasteiger partial charge in [0.1, 0.15) is 0 Å². The smallest absolute Gasteiger partial charge is 0.395 e. The highest BCUT2D eigenvalue weighted by Gasteiger charge is 2.43. The Morgan fingerprint density at radius 1 is 1.31 bits per heavy atom. The zero-order valence-corrected chi connectivity index (χ0v) is 7.94. The van der Waals surface area contributed by atoms with Crippen LogP contribution < -0.4 is 15.2 Å². The molecular weight excluding hydrogens is 220 g/mol. The Bertz CT molecular complexity index is 471. The summed E-state index contributed by atoms with van der Waals surface area (Å²) >= 11 is 0. The van der Waals surface area contributed by atoms with Crippen molar-refractivity contribution in [2.75, 3.05) is 0 Å². The third kappa shape index (κ3) is 2.10. The first kappa shape index (κ1) is 10.4. The van der Waals surface area contributed by atoms with Gasteiger partial charge in [0, 0.05) is 6.08 Å². The predicted molar refractivity (Wildman–Crippen MR) is 50.9 cm³/mol. The molecule has 0 fully saturated rings. The monoisotopic (exact) mass is 227 g/mol. The summed E-state index contributed by atoms with van der Waals surface area (Å²) < 4.78 is 33.7. The maximum Gasteiger partial charge on any atom is 0.586 e. The van der Waals surface area contributed by atoms with E-state index in [-0.39, 0.29) is 11.5 Å². The fraction of sp³-hybridized carbons (Fsp3) is 0.100.